The Morgan fingerprint density at radius 1 is 1.27 bits per heavy atom. The summed E-state index contributed by atoms with van der Waals surface area (Å²) in [6.45, 7) is 2.30. The topological polar surface area (TPSA) is 105 Å². The van der Waals surface area contributed by atoms with Gasteiger partial charge in [0, 0.05) is 5.56 Å². The second kappa shape index (κ2) is 7.68. The van der Waals surface area contributed by atoms with Crippen molar-refractivity contribution in [2.75, 3.05) is 5.32 Å². The maximum Gasteiger partial charge on any atom is 0.388 e. The van der Waals surface area contributed by atoms with Crippen LogP contribution in [0.2, 0.25) is 0 Å². The van der Waals surface area contributed by atoms with Crippen LogP contribution >= 0.6 is 0 Å². The fraction of sp³-hybridized carbons (Fsp3) is 0.381. The summed E-state index contributed by atoms with van der Waals surface area (Å²) in [5, 5.41) is 16.0. The molecule has 0 saturated carbocycles. The lowest BCUT2D eigenvalue weighted by molar-refractivity contribution is -0.121. The molecule has 8 nitrogen and oxygen atoms in total. The van der Waals surface area contributed by atoms with Crippen LogP contribution in [-0.4, -0.2) is 32.1 Å². The van der Waals surface area contributed by atoms with E-state index < -0.39 is 41.3 Å². The van der Waals surface area contributed by atoms with Gasteiger partial charge in [-0.15, -0.1) is 0 Å². The molecule has 12 heteroatoms. The third-order valence-corrected chi connectivity index (χ3v) is 5.73. The molecule has 0 radical (unpaired) electrons. The van der Waals surface area contributed by atoms with Gasteiger partial charge in [-0.25, -0.2) is 23.3 Å². The molecule has 0 unspecified atom stereocenters. The molecular formula is C21H18F4N6O2. The first-order valence-corrected chi connectivity index (χ1v) is 9.80. The van der Waals surface area contributed by atoms with Gasteiger partial charge in [-0.05, 0) is 30.4 Å². The van der Waals surface area contributed by atoms with Crippen LogP contribution in [-0.2, 0) is 15.6 Å². The van der Waals surface area contributed by atoms with E-state index in [9.17, 15) is 27.6 Å². The third kappa shape index (κ3) is 3.73. The van der Waals surface area contributed by atoms with E-state index in [2.05, 4.69) is 25.1 Å². The highest BCUT2D eigenvalue weighted by Crippen LogP contribution is 2.51. The van der Waals surface area contributed by atoms with Crippen LogP contribution in [0.3, 0.4) is 0 Å². The lowest BCUT2D eigenvalue weighted by Gasteiger charge is -2.26. The monoisotopic (exact) mass is 462 g/mol. The first-order chi connectivity index (χ1) is 15.5. The van der Waals surface area contributed by atoms with Crippen molar-refractivity contribution in [3.63, 3.8) is 0 Å². The average Bonchev–Trinajstić information content (AvgIpc) is 3.26. The SMILES string of the molecule is CC1(C)C[C@@](C)(C(=O)Nc2cnc(OC(F)F)c(C#N)c2)c2cnn3cc(C(F)F)nc3c21. The predicted octanol–water partition coefficient (Wildman–Crippen LogP) is 4.11. The number of hydrogen-bond donors (Lipinski definition) is 1. The molecule has 3 aromatic heterocycles. The summed E-state index contributed by atoms with van der Waals surface area (Å²) in [6.07, 6.45) is 1.28. The van der Waals surface area contributed by atoms with Crippen molar-refractivity contribution in [1.82, 2.24) is 19.6 Å². The maximum atomic E-state index is 13.4. The summed E-state index contributed by atoms with van der Waals surface area (Å²) in [7, 11) is 0. The smallest absolute Gasteiger partial charge is 0.388 e. The van der Waals surface area contributed by atoms with E-state index in [1.165, 1.54) is 16.8 Å². The van der Waals surface area contributed by atoms with Crippen LogP contribution < -0.4 is 10.1 Å². The highest BCUT2D eigenvalue weighted by atomic mass is 19.3. The van der Waals surface area contributed by atoms with Crippen molar-refractivity contribution in [3.05, 3.63) is 47.0 Å². The number of nitrogens with zero attached hydrogens (tertiary/aromatic N) is 5. The second-order valence-corrected chi connectivity index (χ2v) is 8.58. The Labute approximate surface area is 185 Å². The van der Waals surface area contributed by atoms with Gasteiger partial charge >= 0.3 is 6.61 Å². The number of carbonyl (C=O) groups is 1. The number of fused-ring (bicyclic) bond motifs is 3. The lowest BCUT2D eigenvalue weighted by atomic mass is 9.79. The number of amides is 1. The maximum absolute atomic E-state index is 13.4. The molecule has 0 fully saturated rings. The molecule has 0 bridgehead atoms. The van der Waals surface area contributed by atoms with Gasteiger partial charge in [0.2, 0.25) is 11.8 Å². The second-order valence-electron chi connectivity index (χ2n) is 8.58. The molecular weight excluding hydrogens is 444 g/mol. The Balaban J connectivity index is 1.71. The van der Waals surface area contributed by atoms with Crippen molar-refractivity contribution in [3.8, 4) is 11.9 Å². The molecule has 0 aromatic carbocycles. The number of pyridine rings is 1. The Kier molecular flexibility index (Phi) is 5.23. The molecule has 1 N–H and O–H groups in total. The van der Waals surface area contributed by atoms with Crippen molar-refractivity contribution >= 4 is 17.2 Å². The Morgan fingerprint density at radius 3 is 2.64 bits per heavy atom. The standard InChI is InChI=1S/C21H18F4N6O2/c1-20(2)9-21(3,12-7-28-31-8-13(15(22)23)30-16(31)14(12)20)18(32)29-11-4-10(5-26)17(27-6-11)33-19(24)25/h4,6-8,15,19H,9H2,1-3H3,(H,29,32)/t21-/m1/s1. The van der Waals surface area contributed by atoms with Gasteiger partial charge in [0.1, 0.15) is 17.3 Å². The van der Waals surface area contributed by atoms with Crippen molar-refractivity contribution in [2.24, 2.45) is 0 Å². The van der Waals surface area contributed by atoms with Gasteiger partial charge in [0.05, 0.1) is 29.7 Å². The minimum atomic E-state index is -3.15. The zero-order chi connectivity index (χ0) is 24.1. The molecule has 33 heavy (non-hydrogen) atoms. The number of aromatic nitrogens is 4. The molecule has 3 heterocycles. The molecule has 1 aliphatic rings. The number of halogens is 4. The zero-order valence-corrected chi connectivity index (χ0v) is 17.7. The number of alkyl halides is 4. The average molecular weight is 462 g/mol. The van der Waals surface area contributed by atoms with Crippen LogP contribution in [0.15, 0.2) is 24.7 Å². The Bertz CT molecular complexity index is 1300. The van der Waals surface area contributed by atoms with E-state index in [1.807, 2.05) is 13.8 Å². The highest BCUT2D eigenvalue weighted by Gasteiger charge is 2.51. The normalized spacial score (nSPS) is 19.0. The molecule has 0 saturated heterocycles. The van der Waals surface area contributed by atoms with E-state index in [1.54, 1.807) is 13.0 Å². The lowest BCUT2D eigenvalue weighted by Crippen LogP contribution is -2.37. The van der Waals surface area contributed by atoms with Crippen LogP contribution in [0, 0.1) is 11.3 Å². The molecule has 4 rings (SSSR count). The van der Waals surface area contributed by atoms with Crippen molar-refractivity contribution in [1.29, 1.82) is 5.26 Å². The van der Waals surface area contributed by atoms with Crippen molar-refractivity contribution < 1.29 is 27.1 Å². The Morgan fingerprint density at radius 2 is 2.00 bits per heavy atom. The fourth-order valence-corrected chi connectivity index (χ4v) is 4.46. The number of nitrogens with one attached hydrogen (secondary N) is 1. The number of carbonyl (C=O) groups excluding carboxylic acids is 1. The van der Waals surface area contributed by atoms with E-state index in [0.29, 0.717) is 17.5 Å². The van der Waals surface area contributed by atoms with Gasteiger partial charge in [-0.2, -0.15) is 19.1 Å². The first-order valence-electron chi connectivity index (χ1n) is 9.80. The summed E-state index contributed by atoms with van der Waals surface area (Å²) in [5.74, 6) is -1.01. The number of rotatable bonds is 5. The quantitative estimate of drug-likeness (QED) is 0.572. The summed E-state index contributed by atoms with van der Waals surface area (Å²) in [4.78, 5) is 21.1. The predicted molar refractivity (Wildman–Crippen MR) is 107 cm³/mol. The molecule has 172 valence electrons. The van der Waals surface area contributed by atoms with E-state index in [4.69, 9.17) is 0 Å². The molecule has 0 aliphatic heterocycles. The molecule has 1 aliphatic carbocycles. The number of hydrogen-bond acceptors (Lipinski definition) is 6. The largest absolute Gasteiger partial charge is 0.415 e. The van der Waals surface area contributed by atoms with E-state index in [-0.39, 0.29) is 16.9 Å². The Hall–Kier alpha value is -3.75. The number of imidazole rings is 1. The first kappa shape index (κ1) is 22.4. The van der Waals surface area contributed by atoms with Crippen LogP contribution in [0.1, 0.15) is 56.0 Å². The summed E-state index contributed by atoms with van der Waals surface area (Å²) in [6, 6.07) is 2.88. The minimum absolute atomic E-state index is 0.112. The third-order valence-electron chi connectivity index (χ3n) is 5.73. The number of nitriles is 1. The van der Waals surface area contributed by atoms with Gasteiger partial charge in [0.25, 0.3) is 6.43 Å². The van der Waals surface area contributed by atoms with Gasteiger partial charge in [-0.1, -0.05) is 13.8 Å². The van der Waals surface area contributed by atoms with Gasteiger partial charge in [-0.3, -0.25) is 4.79 Å². The van der Waals surface area contributed by atoms with E-state index >= 15 is 0 Å². The van der Waals surface area contributed by atoms with Gasteiger partial charge in [0.15, 0.2) is 5.65 Å². The van der Waals surface area contributed by atoms with E-state index in [0.717, 1.165) is 12.4 Å². The van der Waals surface area contributed by atoms with Crippen LogP contribution in [0.4, 0.5) is 23.2 Å². The molecule has 0 spiro atoms. The summed E-state index contributed by atoms with van der Waals surface area (Å²) < 4.78 is 56.8. The van der Waals surface area contributed by atoms with Gasteiger partial charge < -0.3 is 10.1 Å². The fourth-order valence-electron chi connectivity index (χ4n) is 4.46. The molecule has 3 aromatic rings. The number of ether oxygens (including phenoxy) is 1. The van der Waals surface area contributed by atoms with Crippen LogP contribution in [0.5, 0.6) is 5.88 Å². The summed E-state index contributed by atoms with van der Waals surface area (Å²) in [5.41, 5.74) is -0.853. The number of anilines is 1. The zero-order valence-electron chi connectivity index (χ0n) is 17.7. The minimum Gasteiger partial charge on any atom is -0.415 e. The van der Waals surface area contributed by atoms with Crippen molar-refractivity contribution in [2.45, 2.75) is 51.1 Å². The molecule has 1 amide bonds. The van der Waals surface area contributed by atoms with Crippen LogP contribution in [0.25, 0.3) is 5.65 Å². The highest BCUT2D eigenvalue weighted by molar-refractivity contribution is 6.00. The molecule has 1 atom stereocenters. The summed E-state index contributed by atoms with van der Waals surface area (Å²) >= 11 is 0.